The maximum absolute atomic E-state index is 12.3. The predicted molar refractivity (Wildman–Crippen MR) is 94.9 cm³/mol. The SMILES string of the molecule is CS(=O)(=O)N(C1CCC1)[C@@H]1CCCN(C[C@H]2CC=CCC2)CC1. The Bertz CT molecular complexity index is 513. The van der Waals surface area contributed by atoms with Gasteiger partial charge < -0.3 is 4.90 Å². The average molecular weight is 341 g/mol. The van der Waals surface area contributed by atoms with Gasteiger partial charge in [-0.05, 0) is 70.4 Å². The Morgan fingerprint density at radius 2 is 1.74 bits per heavy atom. The summed E-state index contributed by atoms with van der Waals surface area (Å²) >= 11 is 0. The highest BCUT2D eigenvalue weighted by molar-refractivity contribution is 7.88. The van der Waals surface area contributed by atoms with Crippen LogP contribution in [0.15, 0.2) is 12.2 Å². The molecule has 0 unspecified atom stereocenters. The van der Waals surface area contributed by atoms with Gasteiger partial charge in [0.05, 0.1) is 6.26 Å². The van der Waals surface area contributed by atoms with Crippen molar-refractivity contribution >= 4 is 10.0 Å². The lowest BCUT2D eigenvalue weighted by molar-refractivity contribution is 0.159. The summed E-state index contributed by atoms with van der Waals surface area (Å²) in [5, 5.41) is 0. The minimum Gasteiger partial charge on any atom is -0.303 e. The summed E-state index contributed by atoms with van der Waals surface area (Å²) in [6.07, 6.45) is 16.3. The van der Waals surface area contributed by atoms with Gasteiger partial charge in [-0.3, -0.25) is 0 Å². The topological polar surface area (TPSA) is 40.6 Å². The molecule has 0 amide bonds. The fourth-order valence-electron chi connectivity index (χ4n) is 4.44. The zero-order chi connectivity index (χ0) is 16.3. The second-order valence-corrected chi connectivity index (χ2v) is 9.60. The van der Waals surface area contributed by atoms with Crippen LogP contribution in [0, 0.1) is 5.92 Å². The quantitative estimate of drug-likeness (QED) is 0.722. The third-order valence-corrected chi connectivity index (χ3v) is 7.22. The molecule has 0 bridgehead atoms. The van der Waals surface area contributed by atoms with Crippen LogP contribution < -0.4 is 0 Å². The van der Waals surface area contributed by atoms with E-state index in [4.69, 9.17) is 0 Å². The van der Waals surface area contributed by atoms with Crippen molar-refractivity contribution in [2.24, 2.45) is 5.92 Å². The molecule has 4 nitrogen and oxygen atoms in total. The van der Waals surface area contributed by atoms with Crippen LogP contribution >= 0.6 is 0 Å². The van der Waals surface area contributed by atoms with Gasteiger partial charge in [-0.25, -0.2) is 8.42 Å². The van der Waals surface area contributed by atoms with Gasteiger partial charge in [-0.2, -0.15) is 4.31 Å². The van der Waals surface area contributed by atoms with E-state index in [0.29, 0.717) is 0 Å². The van der Waals surface area contributed by atoms with Crippen molar-refractivity contribution in [3.8, 4) is 0 Å². The highest BCUT2D eigenvalue weighted by atomic mass is 32.2. The molecule has 0 aromatic carbocycles. The molecule has 1 aliphatic heterocycles. The van der Waals surface area contributed by atoms with E-state index < -0.39 is 10.0 Å². The third-order valence-electron chi connectivity index (χ3n) is 5.86. The van der Waals surface area contributed by atoms with Gasteiger partial charge in [-0.1, -0.05) is 18.6 Å². The van der Waals surface area contributed by atoms with Crippen LogP contribution in [0.2, 0.25) is 0 Å². The molecule has 0 radical (unpaired) electrons. The molecule has 0 aromatic heterocycles. The van der Waals surface area contributed by atoms with Gasteiger partial charge in [0.2, 0.25) is 10.0 Å². The van der Waals surface area contributed by atoms with Crippen molar-refractivity contribution in [1.82, 2.24) is 9.21 Å². The summed E-state index contributed by atoms with van der Waals surface area (Å²) in [5.41, 5.74) is 0. The van der Waals surface area contributed by atoms with Crippen LogP contribution in [-0.2, 0) is 10.0 Å². The first-order valence-corrected chi connectivity index (χ1v) is 11.2. The number of hydrogen-bond acceptors (Lipinski definition) is 3. The molecule has 3 aliphatic rings. The van der Waals surface area contributed by atoms with Crippen LogP contribution in [0.3, 0.4) is 0 Å². The number of sulfonamides is 1. The van der Waals surface area contributed by atoms with Gasteiger partial charge in [0.1, 0.15) is 0 Å². The van der Waals surface area contributed by atoms with E-state index >= 15 is 0 Å². The average Bonchev–Trinajstić information content (AvgIpc) is 2.68. The standard InChI is InChI=1S/C18H32N2O2S/c1-23(21,22)20(17-9-5-10-17)18-11-6-13-19(14-12-18)15-16-7-3-2-4-8-16/h2-3,16-18H,4-15H2,1H3/t16-,18+/m0/s1. The molecule has 3 rings (SSSR count). The molecule has 132 valence electrons. The summed E-state index contributed by atoms with van der Waals surface area (Å²) in [6, 6.07) is 0.511. The first-order chi connectivity index (χ1) is 11.0. The summed E-state index contributed by atoms with van der Waals surface area (Å²) in [4.78, 5) is 2.59. The summed E-state index contributed by atoms with van der Waals surface area (Å²) in [7, 11) is -3.08. The lowest BCUT2D eigenvalue weighted by Crippen LogP contribution is -2.49. The number of likely N-dealkylation sites (tertiary alicyclic amines) is 1. The normalized spacial score (nSPS) is 31.0. The molecule has 2 fully saturated rings. The van der Waals surface area contributed by atoms with Crippen molar-refractivity contribution in [2.45, 2.75) is 69.9 Å². The second-order valence-electron chi connectivity index (χ2n) is 7.71. The van der Waals surface area contributed by atoms with E-state index in [2.05, 4.69) is 17.1 Å². The van der Waals surface area contributed by atoms with Gasteiger partial charge >= 0.3 is 0 Å². The zero-order valence-electron chi connectivity index (χ0n) is 14.5. The van der Waals surface area contributed by atoms with E-state index in [1.807, 2.05) is 4.31 Å². The molecular formula is C18H32N2O2S. The lowest BCUT2D eigenvalue weighted by Gasteiger charge is -2.40. The summed E-state index contributed by atoms with van der Waals surface area (Å²) in [6.45, 7) is 3.39. The third kappa shape index (κ3) is 4.58. The van der Waals surface area contributed by atoms with Crippen LogP contribution in [0.4, 0.5) is 0 Å². The first-order valence-electron chi connectivity index (χ1n) is 9.40. The van der Waals surface area contributed by atoms with Crippen LogP contribution in [0.25, 0.3) is 0 Å². The molecule has 2 atom stereocenters. The van der Waals surface area contributed by atoms with Crippen LogP contribution in [-0.4, -0.2) is 55.6 Å². The highest BCUT2D eigenvalue weighted by Gasteiger charge is 2.37. The van der Waals surface area contributed by atoms with E-state index in [1.165, 1.54) is 38.5 Å². The van der Waals surface area contributed by atoms with Crippen molar-refractivity contribution in [2.75, 3.05) is 25.9 Å². The van der Waals surface area contributed by atoms with E-state index in [0.717, 1.165) is 51.1 Å². The van der Waals surface area contributed by atoms with E-state index in [1.54, 1.807) is 0 Å². The molecule has 1 heterocycles. The molecule has 2 aliphatic carbocycles. The molecule has 5 heteroatoms. The van der Waals surface area contributed by atoms with Gasteiger partial charge in [0, 0.05) is 18.6 Å². The van der Waals surface area contributed by atoms with Gasteiger partial charge in [0.25, 0.3) is 0 Å². The fourth-order valence-corrected chi connectivity index (χ4v) is 5.95. The molecular weight excluding hydrogens is 308 g/mol. The van der Waals surface area contributed by atoms with Gasteiger partial charge in [0.15, 0.2) is 0 Å². The molecule has 0 aromatic rings. The Hall–Kier alpha value is -0.390. The monoisotopic (exact) mass is 340 g/mol. The molecule has 1 saturated carbocycles. The molecule has 1 saturated heterocycles. The Morgan fingerprint density at radius 3 is 2.35 bits per heavy atom. The minimum absolute atomic E-state index is 0.228. The van der Waals surface area contributed by atoms with Crippen LogP contribution in [0.1, 0.15) is 57.8 Å². The Labute approximate surface area is 142 Å². The van der Waals surface area contributed by atoms with Crippen molar-refractivity contribution in [3.05, 3.63) is 12.2 Å². The fraction of sp³-hybridized carbons (Fsp3) is 0.889. The smallest absolute Gasteiger partial charge is 0.211 e. The molecule has 0 spiro atoms. The maximum atomic E-state index is 12.3. The summed E-state index contributed by atoms with van der Waals surface area (Å²) in [5.74, 6) is 0.800. The number of hydrogen-bond donors (Lipinski definition) is 0. The maximum Gasteiger partial charge on any atom is 0.211 e. The number of nitrogens with zero attached hydrogens (tertiary/aromatic N) is 2. The van der Waals surface area contributed by atoms with Gasteiger partial charge in [-0.15, -0.1) is 0 Å². The Kier molecular flexibility index (Phi) is 5.81. The zero-order valence-corrected chi connectivity index (χ0v) is 15.3. The first kappa shape index (κ1) is 17.4. The van der Waals surface area contributed by atoms with Crippen molar-refractivity contribution < 1.29 is 8.42 Å². The minimum atomic E-state index is -3.08. The number of allylic oxidation sites excluding steroid dienone is 2. The Balaban J connectivity index is 1.57. The molecule has 23 heavy (non-hydrogen) atoms. The van der Waals surface area contributed by atoms with E-state index in [9.17, 15) is 8.42 Å². The largest absolute Gasteiger partial charge is 0.303 e. The number of rotatable bonds is 5. The van der Waals surface area contributed by atoms with Crippen molar-refractivity contribution in [3.63, 3.8) is 0 Å². The second kappa shape index (κ2) is 7.66. The van der Waals surface area contributed by atoms with Crippen molar-refractivity contribution in [1.29, 1.82) is 0 Å². The predicted octanol–water partition coefficient (Wildman–Crippen LogP) is 3.01. The highest BCUT2D eigenvalue weighted by Crippen LogP contribution is 2.32. The van der Waals surface area contributed by atoms with Crippen LogP contribution in [0.5, 0.6) is 0 Å². The molecule has 0 N–H and O–H groups in total. The van der Waals surface area contributed by atoms with E-state index in [-0.39, 0.29) is 12.1 Å². The summed E-state index contributed by atoms with van der Waals surface area (Å²) < 4.78 is 26.4. The lowest BCUT2D eigenvalue weighted by atomic mass is 9.91. The Morgan fingerprint density at radius 1 is 1.00 bits per heavy atom.